The van der Waals surface area contributed by atoms with Crippen molar-refractivity contribution in [2.24, 2.45) is 4.99 Å². The molecule has 0 bridgehead atoms. The van der Waals surface area contributed by atoms with E-state index in [1.807, 2.05) is 32.9 Å². The Balaban J connectivity index is 1.63. The molecule has 0 amide bonds. The van der Waals surface area contributed by atoms with Crippen molar-refractivity contribution in [3.63, 3.8) is 0 Å². The zero-order chi connectivity index (χ0) is 32.4. The lowest BCUT2D eigenvalue weighted by Crippen LogP contribution is -2.40. The number of aromatic nitrogens is 1. The fourth-order valence-corrected chi connectivity index (χ4v) is 6.28. The number of benzene rings is 2. The van der Waals surface area contributed by atoms with Gasteiger partial charge in [-0.3, -0.25) is 9.36 Å². The van der Waals surface area contributed by atoms with Crippen LogP contribution in [0.15, 0.2) is 74.0 Å². The third-order valence-electron chi connectivity index (χ3n) is 7.29. The second-order valence-corrected chi connectivity index (χ2v) is 11.6. The first-order valence-electron chi connectivity index (χ1n) is 14.4. The number of nitrogens with zero attached hydrogens (tertiary/aromatic N) is 2. The topological polar surface area (TPSA) is 119 Å². The number of hydrogen-bond acceptors (Lipinski definition) is 10. The van der Waals surface area contributed by atoms with Crippen LogP contribution in [0.2, 0.25) is 0 Å². The summed E-state index contributed by atoms with van der Waals surface area (Å²) in [6.07, 6.45) is 1.57. The molecule has 5 rings (SSSR count). The quantitative estimate of drug-likeness (QED) is 0.239. The zero-order valence-corrected chi connectivity index (χ0v) is 26.9. The SMILES string of the molecule is CCOC(=O)C1=C(C)N=c2s/c(=C\c3ccc(-c4cccc(C(=O)OC)c4C)o3)c(=O)n2[C@@H]1c1ccc(OC(C)C)c(OC)c1. The van der Waals surface area contributed by atoms with Crippen LogP contribution in [0.25, 0.3) is 17.4 Å². The smallest absolute Gasteiger partial charge is 0.338 e. The van der Waals surface area contributed by atoms with Crippen molar-refractivity contribution in [1.29, 1.82) is 0 Å². The van der Waals surface area contributed by atoms with Crippen LogP contribution in [0, 0.1) is 6.92 Å². The molecule has 0 saturated heterocycles. The van der Waals surface area contributed by atoms with Gasteiger partial charge in [0.2, 0.25) is 0 Å². The lowest BCUT2D eigenvalue weighted by Gasteiger charge is -2.25. The molecule has 2 aromatic heterocycles. The minimum absolute atomic E-state index is 0.0810. The van der Waals surface area contributed by atoms with E-state index in [0.717, 1.165) is 5.56 Å². The van der Waals surface area contributed by atoms with Crippen molar-refractivity contribution in [1.82, 2.24) is 4.57 Å². The van der Waals surface area contributed by atoms with E-state index in [1.54, 1.807) is 56.3 Å². The summed E-state index contributed by atoms with van der Waals surface area (Å²) in [5.41, 5.74) is 2.88. The molecule has 4 aromatic rings. The van der Waals surface area contributed by atoms with Crippen LogP contribution in [-0.4, -0.2) is 43.4 Å². The van der Waals surface area contributed by atoms with Gasteiger partial charge in [0.05, 0.1) is 54.3 Å². The summed E-state index contributed by atoms with van der Waals surface area (Å²) in [6, 6.07) is 13.4. The molecule has 0 spiro atoms. The molecular formula is C34H34N2O8S. The first kappa shape index (κ1) is 31.5. The predicted molar refractivity (Wildman–Crippen MR) is 169 cm³/mol. The van der Waals surface area contributed by atoms with E-state index in [2.05, 4.69) is 4.99 Å². The van der Waals surface area contributed by atoms with E-state index in [9.17, 15) is 14.4 Å². The van der Waals surface area contributed by atoms with Crippen LogP contribution < -0.4 is 24.4 Å². The molecule has 0 saturated carbocycles. The minimum atomic E-state index is -0.819. The average Bonchev–Trinajstić information content (AvgIpc) is 3.60. The highest BCUT2D eigenvalue weighted by Crippen LogP contribution is 2.36. The maximum atomic E-state index is 14.0. The lowest BCUT2D eigenvalue weighted by molar-refractivity contribution is -0.139. The third-order valence-corrected chi connectivity index (χ3v) is 8.27. The number of rotatable bonds is 9. The van der Waals surface area contributed by atoms with Gasteiger partial charge in [0.1, 0.15) is 11.5 Å². The Labute approximate surface area is 263 Å². The van der Waals surface area contributed by atoms with E-state index < -0.39 is 18.0 Å². The first-order valence-corrected chi connectivity index (χ1v) is 15.2. The molecule has 0 N–H and O–H groups in total. The molecule has 1 aliphatic rings. The molecule has 1 aliphatic heterocycles. The van der Waals surface area contributed by atoms with Gasteiger partial charge in [-0.05, 0) is 76.1 Å². The van der Waals surface area contributed by atoms with Crippen LogP contribution in [0.4, 0.5) is 0 Å². The second-order valence-electron chi connectivity index (χ2n) is 10.6. The number of esters is 2. The maximum Gasteiger partial charge on any atom is 0.338 e. The van der Waals surface area contributed by atoms with Gasteiger partial charge in [0.25, 0.3) is 5.56 Å². The second kappa shape index (κ2) is 13.0. The van der Waals surface area contributed by atoms with Gasteiger partial charge in [0, 0.05) is 11.6 Å². The number of thiazole rings is 1. The Hall–Kier alpha value is -4.90. The summed E-state index contributed by atoms with van der Waals surface area (Å²) in [5, 5.41) is 0. The first-order chi connectivity index (χ1) is 21.6. The van der Waals surface area contributed by atoms with E-state index in [4.69, 9.17) is 23.4 Å². The maximum absolute atomic E-state index is 14.0. The molecule has 0 radical (unpaired) electrons. The Bertz CT molecular complexity index is 2000. The highest BCUT2D eigenvalue weighted by atomic mass is 32.1. The normalized spacial score (nSPS) is 14.7. The largest absolute Gasteiger partial charge is 0.493 e. The Kier molecular flexibility index (Phi) is 9.10. The summed E-state index contributed by atoms with van der Waals surface area (Å²) in [4.78, 5) is 44.6. The Morgan fingerprint density at radius 2 is 1.84 bits per heavy atom. The molecule has 0 unspecified atom stereocenters. The number of fused-ring (bicyclic) bond motifs is 1. The van der Waals surface area contributed by atoms with Gasteiger partial charge in [-0.15, -0.1) is 0 Å². The van der Waals surface area contributed by atoms with Gasteiger partial charge in [-0.2, -0.15) is 0 Å². The fourth-order valence-electron chi connectivity index (χ4n) is 5.25. The van der Waals surface area contributed by atoms with Crippen molar-refractivity contribution in [2.75, 3.05) is 20.8 Å². The molecule has 11 heteroatoms. The number of ether oxygens (including phenoxy) is 4. The van der Waals surface area contributed by atoms with Crippen LogP contribution >= 0.6 is 11.3 Å². The summed E-state index contributed by atoms with van der Waals surface area (Å²) in [6.45, 7) is 9.27. The van der Waals surface area contributed by atoms with Gasteiger partial charge in [-0.1, -0.05) is 29.5 Å². The van der Waals surface area contributed by atoms with Crippen LogP contribution in [-0.2, 0) is 14.3 Å². The summed E-state index contributed by atoms with van der Waals surface area (Å²) in [7, 11) is 2.87. The molecule has 0 aliphatic carbocycles. The Morgan fingerprint density at radius 1 is 1.07 bits per heavy atom. The van der Waals surface area contributed by atoms with Crippen molar-refractivity contribution < 1.29 is 33.0 Å². The number of carbonyl (C=O) groups is 2. The highest BCUT2D eigenvalue weighted by molar-refractivity contribution is 7.07. The molecule has 45 heavy (non-hydrogen) atoms. The van der Waals surface area contributed by atoms with E-state index >= 15 is 0 Å². The summed E-state index contributed by atoms with van der Waals surface area (Å²) < 4.78 is 29.8. The van der Waals surface area contributed by atoms with Crippen molar-refractivity contribution in [2.45, 2.75) is 46.8 Å². The lowest BCUT2D eigenvalue weighted by atomic mass is 9.95. The predicted octanol–water partition coefficient (Wildman–Crippen LogP) is 4.95. The molecule has 0 fully saturated rings. The molecule has 3 heterocycles. The van der Waals surface area contributed by atoms with Crippen molar-refractivity contribution in [3.8, 4) is 22.8 Å². The van der Waals surface area contributed by atoms with Crippen LogP contribution in [0.3, 0.4) is 0 Å². The Morgan fingerprint density at radius 3 is 2.53 bits per heavy atom. The van der Waals surface area contributed by atoms with Gasteiger partial charge in [-0.25, -0.2) is 14.6 Å². The monoisotopic (exact) mass is 630 g/mol. The van der Waals surface area contributed by atoms with Gasteiger partial charge >= 0.3 is 11.9 Å². The summed E-state index contributed by atoms with van der Waals surface area (Å²) in [5.74, 6) is 0.992. The third kappa shape index (κ3) is 6.08. The van der Waals surface area contributed by atoms with Crippen molar-refractivity contribution in [3.05, 3.63) is 102 Å². The van der Waals surface area contributed by atoms with Gasteiger partial charge in [0.15, 0.2) is 16.3 Å². The molecule has 234 valence electrons. The number of hydrogen-bond donors (Lipinski definition) is 0. The van der Waals surface area contributed by atoms with Gasteiger partial charge < -0.3 is 23.4 Å². The highest BCUT2D eigenvalue weighted by Gasteiger charge is 2.34. The molecular weight excluding hydrogens is 596 g/mol. The van der Waals surface area contributed by atoms with E-state index in [-0.39, 0.29) is 23.8 Å². The summed E-state index contributed by atoms with van der Waals surface area (Å²) >= 11 is 1.19. The molecule has 1 atom stereocenters. The van der Waals surface area contributed by atoms with E-state index in [1.165, 1.54) is 30.1 Å². The molecule has 2 aromatic carbocycles. The standard InChI is InChI=1S/C34H34N2O8S/c1-8-42-33(39)29-20(5)35-34-36(30(29)21-12-14-26(43-18(2)3)27(16-21)40-6)31(37)28(45-34)17-22-13-15-25(44-22)23-10-9-11-24(19(23)4)32(38)41-7/h9-18,30H,8H2,1-7H3/b28-17-/t30-/m1/s1. The fraction of sp³-hybridized carbons (Fsp3) is 0.294. The number of carbonyl (C=O) groups excluding carboxylic acids is 2. The zero-order valence-electron chi connectivity index (χ0n) is 26.1. The minimum Gasteiger partial charge on any atom is -0.493 e. The molecule has 10 nitrogen and oxygen atoms in total. The number of allylic oxidation sites excluding steroid dienone is 1. The number of methoxy groups -OCH3 is 2. The van der Waals surface area contributed by atoms with Crippen molar-refractivity contribution >= 4 is 29.4 Å². The van der Waals surface area contributed by atoms with Crippen LogP contribution in [0.1, 0.15) is 61.0 Å². The average molecular weight is 631 g/mol. The van der Waals surface area contributed by atoms with E-state index in [0.29, 0.717) is 54.7 Å². The van der Waals surface area contributed by atoms with Crippen LogP contribution in [0.5, 0.6) is 11.5 Å². The number of furan rings is 1.